The number of rotatable bonds is 6. The fourth-order valence-electron chi connectivity index (χ4n) is 2.56. The van der Waals surface area contributed by atoms with E-state index in [0.29, 0.717) is 10.2 Å². The number of halogens is 1. The number of aryl methyl sites for hydroxylation is 2. The summed E-state index contributed by atoms with van der Waals surface area (Å²) >= 11 is 7.26. The quantitative estimate of drug-likeness (QED) is 0.349. The summed E-state index contributed by atoms with van der Waals surface area (Å²) in [6.07, 6.45) is 0. The first-order chi connectivity index (χ1) is 12.4. The molecule has 0 amide bonds. The average Bonchev–Trinajstić information content (AvgIpc) is 2.96. The summed E-state index contributed by atoms with van der Waals surface area (Å²) in [6, 6.07) is 15.1. The lowest BCUT2D eigenvalue weighted by molar-refractivity contribution is -0.479. The van der Waals surface area contributed by atoms with Crippen molar-refractivity contribution < 1.29 is 4.92 Å². The van der Waals surface area contributed by atoms with Crippen LogP contribution in [0.2, 0.25) is 5.02 Å². The summed E-state index contributed by atoms with van der Waals surface area (Å²) in [5.41, 5.74) is 2.91. The highest BCUT2D eigenvalue weighted by molar-refractivity contribution is 7.99. The Morgan fingerprint density at radius 1 is 1.12 bits per heavy atom. The zero-order chi connectivity index (χ0) is 18.7. The smallest absolute Gasteiger partial charge is 0.220 e. The van der Waals surface area contributed by atoms with E-state index in [1.54, 1.807) is 12.1 Å². The fourth-order valence-corrected chi connectivity index (χ4v) is 3.86. The van der Waals surface area contributed by atoms with E-state index in [0.717, 1.165) is 22.6 Å². The Morgan fingerprint density at radius 3 is 2.38 bits per heavy atom. The molecule has 3 rings (SSSR count). The summed E-state index contributed by atoms with van der Waals surface area (Å²) in [5.74, 6) is 0.729. The minimum Gasteiger partial charge on any atom is -0.274 e. The molecular weight excluding hydrogens is 372 g/mol. The van der Waals surface area contributed by atoms with Crippen LogP contribution in [0.25, 0.3) is 5.69 Å². The summed E-state index contributed by atoms with van der Waals surface area (Å²) in [6.45, 7) is 3.67. The third-order valence-electron chi connectivity index (χ3n) is 3.89. The third-order valence-corrected chi connectivity index (χ3v) is 5.32. The lowest BCUT2D eigenvalue weighted by atomic mass is 10.1. The first-order valence-corrected chi connectivity index (χ1v) is 9.23. The van der Waals surface area contributed by atoms with Gasteiger partial charge in [-0.25, -0.2) is 0 Å². The van der Waals surface area contributed by atoms with Crippen LogP contribution in [0.4, 0.5) is 0 Å². The fraction of sp³-hybridized carbons (Fsp3) is 0.222. The molecule has 0 aliphatic heterocycles. The third kappa shape index (κ3) is 4.23. The van der Waals surface area contributed by atoms with Gasteiger partial charge in [-0.1, -0.05) is 53.2 Å². The maximum absolute atomic E-state index is 11.2. The van der Waals surface area contributed by atoms with Gasteiger partial charge >= 0.3 is 0 Å². The lowest BCUT2D eigenvalue weighted by Gasteiger charge is -2.14. The van der Waals surface area contributed by atoms with E-state index in [9.17, 15) is 10.1 Å². The summed E-state index contributed by atoms with van der Waals surface area (Å²) in [5, 5.41) is 20.4. The number of hydrogen-bond acceptors (Lipinski definition) is 5. The molecule has 0 radical (unpaired) electrons. The highest BCUT2D eigenvalue weighted by atomic mass is 35.5. The van der Waals surface area contributed by atoms with Gasteiger partial charge in [0.1, 0.15) is 11.1 Å². The van der Waals surface area contributed by atoms with Crippen molar-refractivity contribution in [3.05, 3.63) is 80.6 Å². The Kier molecular flexibility index (Phi) is 5.58. The van der Waals surface area contributed by atoms with Crippen molar-refractivity contribution in [3.8, 4) is 5.69 Å². The van der Waals surface area contributed by atoms with E-state index in [1.165, 1.54) is 11.8 Å². The number of nitro groups is 1. The number of thioether (sulfide) groups is 1. The molecule has 0 fully saturated rings. The molecular formula is C18H17ClN4O2S. The molecule has 8 heteroatoms. The second kappa shape index (κ2) is 7.88. The van der Waals surface area contributed by atoms with Crippen molar-refractivity contribution in [2.75, 3.05) is 6.54 Å². The van der Waals surface area contributed by atoms with Crippen LogP contribution >= 0.6 is 23.4 Å². The van der Waals surface area contributed by atoms with E-state index in [-0.39, 0.29) is 11.5 Å². The number of aromatic nitrogens is 3. The van der Waals surface area contributed by atoms with Gasteiger partial charge in [0.05, 0.1) is 0 Å². The Balaban J connectivity index is 1.95. The molecule has 0 N–H and O–H groups in total. The van der Waals surface area contributed by atoms with Crippen molar-refractivity contribution in [1.82, 2.24) is 14.8 Å². The van der Waals surface area contributed by atoms with Crippen molar-refractivity contribution >= 4 is 23.4 Å². The van der Waals surface area contributed by atoms with Gasteiger partial charge in [0.15, 0.2) is 5.16 Å². The highest BCUT2D eigenvalue weighted by Gasteiger charge is 2.23. The zero-order valence-corrected chi connectivity index (χ0v) is 15.9. The van der Waals surface area contributed by atoms with Crippen LogP contribution in [0.3, 0.4) is 0 Å². The predicted octanol–water partition coefficient (Wildman–Crippen LogP) is 4.65. The van der Waals surface area contributed by atoms with E-state index < -0.39 is 5.25 Å². The van der Waals surface area contributed by atoms with Gasteiger partial charge in [0, 0.05) is 15.6 Å². The highest BCUT2D eigenvalue weighted by Crippen LogP contribution is 2.36. The van der Waals surface area contributed by atoms with Crippen LogP contribution in [0.1, 0.15) is 22.2 Å². The first-order valence-electron chi connectivity index (χ1n) is 7.97. The van der Waals surface area contributed by atoms with Crippen LogP contribution in [0.5, 0.6) is 0 Å². The van der Waals surface area contributed by atoms with E-state index in [2.05, 4.69) is 10.2 Å². The Labute approximate surface area is 160 Å². The van der Waals surface area contributed by atoms with Crippen molar-refractivity contribution in [2.24, 2.45) is 0 Å². The Hall–Kier alpha value is -2.38. The summed E-state index contributed by atoms with van der Waals surface area (Å²) in [7, 11) is 0. The summed E-state index contributed by atoms with van der Waals surface area (Å²) < 4.78 is 1.91. The second-order valence-corrected chi connectivity index (χ2v) is 7.48. The molecule has 0 saturated carbocycles. The molecule has 1 heterocycles. The van der Waals surface area contributed by atoms with Gasteiger partial charge < -0.3 is 0 Å². The topological polar surface area (TPSA) is 73.8 Å². The van der Waals surface area contributed by atoms with Crippen LogP contribution < -0.4 is 0 Å². The molecule has 2 aromatic carbocycles. The molecule has 0 saturated heterocycles. The molecule has 3 aromatic rings. The maximum atomic E-state index is 11.2. The molecule has 0 aliphatic carbocycles. The standard InChI is InChI=1S/C18H17ClN4O2S/c1-12-3-9-16(10-4-12)23-13(2)20-21-18(23)26-17(11-22(24)25)14-5-7-15(19)8-6-14/h3-10,17H,11H2,1-2H3/t17-/m0/s1. The molecule has 1 aromatic heterocycles. The molecule has 0 bridgehead atoms. The zero-order valence-electron chi connectivity index (χ0n) is 14.3. The number of hydrogen-bond donors (Lipinski definition) is 0. The van der Waals surface area contributed by atoms with Gasteiger partial charge in [0.25, 0.3) is 0 Å². The van der Waals surface area contributed by atoms with Crippen LogP contribution in [0.15, 0.2) is 53.7 Å². The molecule has 0 aliphatic rings. The van der Waals surface area contributed by atoms with Crippen molar-refractivity contribution in [3.63, 3.8) is 0 Å². The minimum absolute atomic E-state index is 0.216. The Morgan fingerprint density at radius 2 is 1.77 bits per heavy atom. The predicted molar refractivity (Wildman–Crippen MR) is 103 cm³/mol. The normalized spacial score (nSPS) is 12.1. The van der Waals surface area contributed by atoms with E-state index >= 15 is 0 Å². The average molecular weight is 389 g/mol. The number of nitrogens with zero attached hydrogens (tertiary/aromatic N) is 4. The molecule has 6 nitrogen and oxygen atoms in total. The molecule has 134 valence electrons. The van der Waals surface area contributed by atoms with E-state index in [1.807, 2.05) is 54.8 Å². The van der Waals surface area contributed by atoms with Crippen LogP contribution in [-0.2, 0) is 0 Å². The van der Waals surface area contributed by atoms with Gasteiger partial charge in [-0.3, -0.25) is 14.7 Å². The maximum Gasteiger partial charge on any atom is 0.220 e. The molecule has 1 atom stereocenters. The number of benzene rings is 2. The lowest BCUT2D eigenvalue weighted by Crippen LogP contribution is -2.11. The van der Waals surface area contributed by atoms with Crippen molar-refractivity contribution in [1.29, 1.82) is 0 Å². The van der Waals surface area contributed by atoms with Gasteiger partial charge in [-0.05, 0) is 43.7 Å². The monoisotopic (exact) mass is 388 g/mol. The molecule has 0 unspecified atom stereocenters. The first kappa shape index (κ1) is 18.4. The van der Waals surface area contributed by atoms with E-state index in [4.69, 9.17) is 11.6 Å². The second-order valence-electron chi connectivity index (χ2n) is 5.87. The van der Waals surface area contributed by atoms with Crippen molar-refractivity contribution in [2.45, 2.75) is 24.3 Å². The van der Waals surface area contributed by atoms with Gasteiger partial charge in [-0.2, -0.15) is 0 Å². The SMILES string of the molecule is Cc1ccc(-n2c(C)nnc2S[C@@H](C[N+](=O)[O-])c2ccc(Cl)cc2)cc1. The largest absolute Gasteiger partial charge is 0.274 e. The Bertz CT molecular complexity index is 910. The molecule has 0 spiro atoms. The molecule has 26 heavy (non-hydrogen) atoms. The van der Waals surface area contributed by atoms with Gasteiger partial charge in [0.2, 0.25) is 6.54 Å². The minimum atomic E-state index is -0.393. The van der Waals surface area contributed by atoms with Crippen LogP contribution in [-0.4, -0.2) is 26.2 Å². The summed E-state index contributed by atoms with van der Waals surface area (Å²) in [4.78, 5) is 10.8. The van der Waals surface area contributed by atoms with Crippen LogP contribution in [0, 0.1) is 24.0 Å². The van der Waals surface area contributed by atoms with Gasteiger partial charge in [-0.15, -0.1) is 10.2 Å².